The molecule has 0 spiro atoms. The van der Waals surface area contributed by atoms with Crippen LogP contribution in [0.2, 0.25) is 0 Å². The number of hydrogen-bond acceptors (Lipinski definition) is 3. The monoisotopic (exact) mass is 312 g/mol. The normalized spacial score (nSPS) is 15.0. The van der Waals surface area contributed by atoms with E-state index in [9.17, 15) is 4.79 Å². The van der Waals surface area contributed by atoms with Crippen molar-refractivity contribution in [2.45, 2.75) is 45.2 Å². The number of para-hydroxylation sites is 1. The van der Waals surface area contributed by atoms with E-state index in [1.165, 1.54) is 12.8 Å². The summed E-state index contributed by atoms with van der Waals surface area (Å²) in [5, 5.41) is 2.88. The van der Waals surface area contributed by atoms with Gasteiger partial charge in [0.15, 0.2) is 0 Å². The van der Waals surface area contributed by atoms with E-state index >= 15 is 0 Å². The summed E-state index contributed by atoms with van der Waals surface area (Å²) in [6, 6.07) is 7.43. The highest BCUT2D eigenvalue weighted by Crippen LogP contribution is 2.30. The highest BCUT2D eigenvalue weighted by molar-refractivity contribution is 5.85. The molecule has 0 radical (unpaired) electrons. The number of ether oxygens (including phenoxy) is 1. The van der Waals surface area contributed by atoms with Gasteiger partial charge in [-0.3, -0.25) is 4.79 Å². The van der Waals surface area contributed by atoms with E-state index in [0.717, 1.165) is 30.3 Å². The molecule has 1 atom stereocenters. The van der Waals surface area contributed by atoms with E-state index in [4.69, 9.17) is 10.5 Å². The van der Waals surface area contributed by atoms with Crippen molar-refractivity contribution in [3.8, 4) is 5.75 Å². The number of carbonyl (C=O) groups is 1. The topological polar surface area (TPSA) is 64.4 Å². The number of nitrogens with one attached hydrogen (secondary N) is 1. The molecule has 4 nitrogen and oxygen atoms in total. The molecule has 1 aromatic rings. The third-order valence-corrected chi connectivity index (χ3v) is 3.53. The molecule has 0 aliphatic heterocycles. The van der Waals surface area contributed by atoms with Gasteiger partial charge in [-0.1, -0.05) is 31.5 Å². The summed E-state index contributed by atoms with van der Waals surface area (Å²) < 4.78 is 5.82. The minimum absolute atomic E-state index is 0. The first-order valence-electron chi connectivity index (χ1n) is 7.44. The Morgan fingerprint density at radius 2 is 2.14 bits per heavy atom. The third-order valence-electron chi connectivity index (χ3n) is 3.53. The van der Waals surface area contributed by atoms with Crippen LogP contribution < -0.4 is 15.8 Å². The Morgan fingerprint density at radius 1 is 1.43 bits per heavy atom. The molecule has 21 heavy (non-hydrogen) atoms. The van der Waals surface area contributed by atoms with Crippen LogP contribution in [0.25, 0.3) is 0 Å². The molecule has 1 amide bonds. The highest BCUT2D eigenvalue weighted by atomic mass is 35.5. The Morgan fingerprint density at radius 3 is 2.81 bits per heavy atom. The first-order chi connectivity index (χ1) is 9.70. The predicted molar refractivity (Wildman–Crippen MR) is 86.6 cm³/mol. The Hall–Kier alpha value is -1.26. The standard InChI is InChI=1S/C16H24N2O2.ClH/c1-2-5-14(17)16(19)18-10-13-6-3-4-7-15(13)20-11-12-8-9-12;/h3-4,6-7,12,14H,2,5,8-11,17H2,1H3,(H,18,19);1H. The molecule has 0 saturated heterocycles. The molecular formula is C16H25ClN2O2. The molecule has 1 fully saturated rings. The largest absolute Gasteiger partial charge is 0.493 e. The van der Waals surface area contributed by atoms with Crippen LogP contribution in [0.4, 0.5) is 0 Å². The van der Waals surface area contributed by atoms with Gasteiger partial charge in [0.1, 0.15) is 5.75 Å². The van der Waals surface area contributed by atoms with Crippen molar-refractivity contribution in [3.05, 3.63) is 29.8 Å². The lowest BCUT2D eigenvalue weighted by Gasteiger charge is -2.14. The van der Waals surface area contributed by atoms with Gasteiger partial charge in [-0.2, -0.15) is 0 Å². The van der Waals surface area contributed by atoms with Gasteiger partial charge in [0, 0.05) is 12.1 Å². The number of amides is 1. The molecule has 1 aromatic carbocycles. The Balaban J connectivity index is 0.00000220. The van der Waals surface area contributed by atoms with Crippen LogP contribution in [0.3, 0.4) is 0 Å². The van der Waals surface area contributed by atoms with E-state index in [-0.39, 0.29) is 18.3 Å². The van der Waals surface area contributed by atoms with E-state index in [1.807, 2.05) is 31.2 Å². The van der Waals surface area contributed by atoms with E-state index in [2.05, 4.69) is 5.32 Å². The highest BCUT2D eigenvalue weighted by Gasteiger charge is 2.22. The number of carbonyl (C=O) groups excluding carboxylic acids is 1. The lowest BCUT2D eigenvalue weighted by molar-refractivity contribution is -0.122. The number of nitrogens with two attached hydrogens (primary N) is 1. The van der Waals surface area contributed by atoms with Crippen molar-refractivity contribution in [3.63, 3.8) is 0 Å². The fourth-order valence-electron chi connectivity index (χ4n) is 2.04. The smallest absolute Gasteiger partial charge is 0.237 e. The number of halogens is 1. The van der Waals surface area contributed by atoms with Crippen molar-refractivity contribution >= 4 is 18.3 Å². The van der Waals surface area contributed by atoms with Crippen LogP contribution in [-0.4, -0.2) is 18.6 Å². The predicted octanol–water partition coefficient (Wildman–Crippen LogP) is 2.64. The van der Waals surface area contributed by atoms with Crippen LogP contribution in [0, 0.1) is 5.92 Å². The van der Waals surface area contributed by atoms with E-state index < -0.39 is 6.04 Å². The molecule has 2 rings (SSSR count). The minimum Gasteiger partial charge on any atom is -0.493 e. The van der Waals surface area contributed by atoms with Crippen molar-refractivity contribution in [2.24, 2.45) is 11.7 Å². The van der Waals surface area contributed by atoms with E-state index in [0.29, 0.717) is 13.0 Å². The van der Waals surface area contributed by atoms with Crippen LogP contribution >= 0.6 is 12.4 Å². The molecule has 5 heteroatoms. The second-order valence-corrected chi connectivity index (χ2v) is 5.48. The number of rotatable bonds is 8. The fourth-order valence-corrected chi connectivity index (χ4v) is 2.04. The Labute approximate surface area is 132 Å². The lowest BCUT2D eigenvalue weighted by atomic mass is 10.1. The average Bonchev–Trinajstić information content (AvgIpc) is 3.27. The fraction of sp³-hybridized carbons (Fsp3) is 0.562. The second kappa shape index (κ2) is 8.90. The van der Waals surface area contributed by atoms with Crippen LogP contribution in [-0.2, 0) is 11.3 Å². The summed E-state index contributed by atoms with van der Waals surface area (Å²) in [6.07, 6.45) is 4.16. The van der Waals surface area contributed by atoms with Crippen LogP contribution in [0.15, 0.2) is 24.3 Å². The molecule has 1 saturated carbocycles. The second-order valence-electron chi connectivity index (χ2n) is 5.48. The van der Waals surface area contributed by atoms with Crippen LogP contribution in [0.5, 0.6) is 5.75 Å². The SMILES string of the molecule is CCCC(N)C(=O)NCc1ccccc1OCC1CC1.Cl. The summed E-state index contributed by atoms with van der Waals surface area (Å²) in [7, 11) is 0. The molecule has 0 aromatic heterocycles. The van der Waals surface area contributed by atoms with Gasteiger partial charge >= 0.3 is 0 Å². The van der Waals surface area contributed by atoms with Crippen molar-refractivity contribution < 1.29 is 9.53 Å². The maximum absolute atomic E-state index is 11.8. The molecule has 0 heterocycles. The lowest BCUT2D eigenvalue weighted by Crippen LogP contribution is -2.40. The van der Waals surface area contributed by atoms with Gasteiger partial charge in [0.25, 0.3) is 0 Å². The first-order valence-corrected chi connectivity index (χ1v) is 7.44. The summed E-state index contributed by atoms with van der Waals surface area (Å²) in [4.78, 5) is 11.8. The van der Waals surface area contributed by atoms with Gasteiger partial charge in [0.2, 0.25) is 5.91 Å². The molecule has 1 unspecified atom stereocenters. The average molecular weight is 313 g/mol. The van der Waals surface area contributed by atoms with Crippen molar-refractivity contribution in [1.29, 1.82) is 0 Å². The molecule has 1 aliphatic carbocycles. The molecule has 118 valence electrons. The Kier molecular flexibility index (Phi) is 7.54. The van der Waals surface area contributed by atoms with Gasteiger partial charge in [-0.05, 0) is 31.2 Å². The third kappa shape index (κ3) is 5.94. The molecule has 0 bridgehead atoms. The van der Waals surface area contributed by atoms with Crippen molar-refractivity contribution in [2.75, 3.05) is 6.61 Å². The molecule has 3 N–H and O–H groups in total. The summed E-state index contributed by atoms with van der Waals surface area (Å²) in [6.45, 7) is 3.27. The van der Waals surface area contributed by atoms with E-state index in [1.54, 1.807) is 0 Å². The van der Waals surface area contributed by atoms with Gasteiger partial charge < -0.3 is 15.8 Å². The zero-order valence-corrected chi connectivity index (χ0v) is 13.3. The molecular weight excluding hydrogens is 288 g/mol. The maximum atomic E-state index is 11.8. The zero-order valence-electron chi connectivity index (χ0n) is 12.5. The van der Waals surface area contributed by atoms with Gasteiger partial charge in [-0.15, -0.1) is 12.4 Å². The summed E-state index contributed by atoms with van der Waals surface area (Å²) in [5.41, 5.74) is 6.80. The van der Waals surface area contributed by atoms with Gasteiger partial charge in [0.05, 0.1) is 12.6 Å². The van der Waals surface area contributed by atoms with Gasteiger partial charge in [-0.25, -0.2) is 0 Å². The maximum Gasteiger partial charge on any atom is 0.237 e. The Bertz CT molecular complexity index is 450. The molecule has 1 aliphatic rings. The number of benzene rings is 1. The minimum atomic E-state index is -0.417. The van der Waals surface area contributed by atoms with Crippen LogP contribution in [0.1, 0.15) is 38.2 Å². The van der Waals surface area contributed by atoms with Crippen molar-refractivity contribution in [1.82, 2.24) is 5.32 Å². The number of hydrogen-bond donors (Lipinski definition) is 2. The quantitative estimate of drug-likeness (QED) is 0.775. The summed E-state index contributed by atoms with van der Waals surface area (Å²) >= 11 is 0. The zero-order chi connectivity index (χ0) is 14.4. The summed E-state index contributed by atoms with van der Waals surface area (Å²) in [5.74, 6) is 1.49. The first kappa shape index (κ1) is 17.8.